The van der Waals surface area contributed by atoms with Crippen LogP contribution in [-0.4, -0.2) is 13.0 Å². The van der Waals surface area contributed by atoms with Gasteiger partial charge in [0.1, 0.15) is 5.75 Å². The molecule has 0 aliphatic heterocycles. The molecule has 4 nitrogen and oxygen atoms in total. The molecule has 0 unspecified atom stereocenters. The van der Waals surface area contributed by atoms with Crippen LogP contribution in [0.4, 0.5) is 5.69 Å². The summed E-state index contributed by atoms with van der Waals surface area (Å²) in [4.78, 5) is 12.3. The van der Waals surface area contributed by atoms with E-state index in [4.69, 9.17) is 4.74 Å². The molecule has 3 rings (SSSR count). The molecule has 24 heavy (non-hydrogen) atoms. The van der Waals surface area contributed by atoms with E-state index in [0.29, 0.717) is 11.3 Å². The number of hydrogen-bond donors (Lipinski definition) is 1. The van der Waals surface area contributed by atoms with Gasteiger partial charge in [0.25, 0.3) is 5.91 Å². The number of ether oxygens (including phenoxy) is 1. The predicted molar refractivity (Wildman–Crippen MR) is 93.1 cm³/mol. The largest absolute Gasteiger partial charge is 0.497 e. The van der Waals surface area contributed by atoms with Gasteiger partial charge in [-0.2, -0.15) is 5.26 Å². The summed E-state index contributed by atoms with van der Waals surface area (Å²) in [5.74, 6) is 0.583. The molecule has 2 aromatic rings. The Kier molecular flexibility index (Phi) is 4.52. The first-order valence-electron chi connectivity index (χ1n) is 8.14. The fourth-order valence-electron chi connectivity index (χ4n) is 3.26. The van der Waals surface area contributed by atoms with Crippen molar-refractivity contribution in [2.45, 2.75) is 31.1 Å². The highest BCUT2D eigenvalue weighted by atomic mass is 16.5. The van der Waals surface area contributed by atoms with E-state index in [1.165, 1.54) is 0 Å². The van der Waals surface area contributed by atoms with Crippen LogP contribution in [0.1, 0.15) is 41.6 Å². The third kappa shape index (κ3) is 3.11. The molecule has 0 aromatic heterocycles. The molecule has 1 saturated carbocycles. The van der Waals surface area contributed by atoms with Crippen molar-refractivity contribution in [2.75, 3.05) is 12.4 Å². The van der Waals surface area contributed by atoms with E-state index in [9.17, 15) is 10.1 Å². The Balaban J connectivity index is 1.73. The lowest BCUT2D eigenvalue weighted by molar-refractivity contribution is 0.102. The fourth-order valence-corrected chi connectivity index (χ4v) is 3.26. The Bertz CT molecular complexity index is 752. The standard InChI is InChI=1S/C20H20N2O2/c1-24-18-10-8-17(9-11-18)22-19(23)15-4-6-16(7-5-15)20(14-21)12-2-3-13-20/h4-11H,2-3,12-13H2,1H3,(H,22,23). The molecular formula is C20H20N2O2. The highest BCUT2D eigenvalue weighted by molar-refractivity contribution is 6.04. The lowest BCUT2D eigenvalue weighted by Gasteiger charge is -2.20. The van der Waals surface area contributed by atoms with E-state index in [1.54, 1.807) is 43.5 Å². The minimum Gasteiger partial charge on any atom is -0.497 e. The SMILES string of the molecule is COc1ccc(NC(=O)c2ccc(C3(C#N)CCCC3)cc2)cc1. The maximum absolute atomic E-state index is 12.3. The van der Waals surface area contributed by atoms with Crippen LogP contribution in [0.2, 0.25) is 0 Å². The van der Waals surface area contributed by atoms with Crippen molar-refractivity contribution >= 4 is 11.6 Å². The average Bonchev–Trinajstić information content (AvgIpc) is 3.13. The predicted octanol–water partition coefficient (Wildman–Crippen LogP) is 4.28. The zero-order valence-corrected chi connectivity index (χ0v) is 13.7. The summed E-state index contributed by atoms with van der Waals surface area (Å²) < 4.78 is 5.10. The Morgan fingerprint density at radius 1 is 1.08 bits per heavy atom. The number of rotatable bonds is 4. The number of nitriles is 1. The monoisotopic (exact) mass is 320 g/mol. The zero-order chi connectivity index (χ0) is 17.0. The Morgan fingerprint density at radius 3 is 2.25 bits per heavy atom. The van der Waals surface area contributed by atoms with Crippen molar-refractivity contribution in [1.82, 2.24) is 0 Å². The molecule has 0 heterocycles. The summed E-state index contributed by atoms with van der Waals surface area (Å²) in [5, 5.41) is 12.4. The second kappa shape index (κ2) is 6.76. The van der Waals surface area contributed by atoms with Gasteiger partial charge in [0, 0.05) is 11.3 Å². The molecule has 1 aliphatic carbocycles. The zero-order valence-electron chi connectivity index (χ0n) is 13.7. The van der Waals surface area contributed by atoms with Crippen molar-refractivity contribution in [3.05, 3.63) is 59.7 Å². The molecule has 4 heteroatoms. The smallest absolute Gasteiger partial charge is 0.255 e. The van der Waals surface area contributed by atoms with Gasteiger partial charge in [0.2, 0.25) is 0 Å². The van der Waals surface area contributed by atoms with Gasteiger partial charge in [-0.15, -0.1) is 0 Å². The van der Waals surface area contributed by atoms with Gasteiger partial charge in [0.15, 0.2) is 0 Å². The Morgan fingerprint density at radius 2 is 1.71 bits per heavy atom. The number of carbonyl (C=O) groups is 1. The summed E-state index contributed by atoms with van der Waals surface area (Å²) in [7, 11) is 1.60. The summed E-state index contributed by atoms with van der Waals surface area (Å²) in [6.07, 6.45) is 3.99. The van der Waals surface area contributed by atoms with Crippen LogP contribution < -0.4 is 10.1 Å². The van der Waals surface area contributed by atoms with Crippen LogP contribution in [0.5, 0.6) is 5.75 Å². The number of methoxy groups -OCH3 is 1. The van der Waals surface area contributed by atoms with E-state index in [2.05, 4.69) is 11.4 Å². The summed E-state index contributed by atoms with van der Waals surface area (Å²) in [6, 6.07) is 17.1. The van der Waals surface area contributed by atoms with Crippen LogP contribution in [0.15, 0.2) is 48.5 Å². The second-order valence-electron chi connectivity index (χ2n) is 6.16. The lowest BCUT2D eigenvalue weighted by atomic mass is 9.80. The molecule has 0 bridgehead atoms. The molecule has 1 aliphatic rings. The number of amides is 1. The van der Waals surface area contributed by atoms with Crippen LogP contribution in [0.3, 0.4) is 0 Å². The van der Waals surface area contributed by atoms with Crippen molar-refractivity contribution in [1.29, 1.82) is 5.26 Å². The fraction of sp³-hybridized carbons (Fsp3) is 0.300. The van der Waals surface area contributed by atoms with Crippen LogP contribution in [-0.2, 0) is 5.41 Å². The van der Waals surface area contributed by atoms with Gasteiger partial charge in [0.05, 0.1) is 18.6 Å². The minimum absolute atomic E-state index is 0.163. The van der Waals surface area contributed by atoms with Crippen molar-refractivity contribution in [2.24, 2.45) is 0 Å². The van der Waals surface area contributed by atoms with Crippen molar-refractivity contribution in [3.63, 3.8) is 0 Å². The van der Waals surface area contributed by atoms with E-state index < -0.39 is 0 Å². The molecular weight excluding hydrogens is 300 g/mol. The van der Waals surface area contributed by atoms with Gasteiger partial charge in [-0.05, 0) is 54.8 Å². The highest BCUT2D eigenvalue weighted by Gasteiger charge is 2.35. The minimum atomic E-state index is -0.370. The van der Waals surface area contributed by atoms with E-state index in [1.807, 2.05) is 12.1 Å². The van der Waals surface area contributed by atoms with Gasteiger partial charge in [-0.25, -0.2) is 0 Å². The number of nitrogens with zero attached hydrogens (tertiary/aromatic N) is 1. The maximum Gasteiger partial charge on any atom is 0.255 e. The van der Waals surface area contributed by atoms with E-state index in [-0.39, 0.29) is 11.3 Å². The molecule has 0 spiro atoms. The van der Waals surface area contributed by atoms with Gasteiger partial charge in [-0.1, -0.05) is 25.0 Å². The first-order chi connectivity index (χ1) is 11.7. The van der Waals surface area contributed by atoms with Crippen LogP contribution >= 0.6 is 0 Å². The summed E-state index contributed by atoms with van der Waals surface area (Å²) in [6.45, 7) is 0. The van der Waals surface area contributed by atoms with Crippen molar-refractivity contribution in [3.8, 4) is 11.8 Å². The summed E-state index contributed by atoms with van der Waals surface area (Å²) >= 11 is 0. The first kappa shape index (κ1) is 16.1. The molecule has 1 fully saturated rings. The molecule has 1 amide bonds. The number of hydrogen-bond acceptors (Lipinski definition) is 3. The van der Waals surface area contributed by atoms with Crippen molar-refractivity contribution < 1.29 is 9.53 Å². The number of nitrogens with one attached hydrogen (secondary N) is 1. The number of anilines is 1. The molecule has 2 aromatic carbocycles. The van der Waals surface area contributed by atoms with Crippen LogP contribution in [0.25, 0.3) is 0 Å². The maximum atomic E-state index is 12.3. The topological polar surface area (TPSA) is 62.1 Å². The number of carbonyl (C=O) groups excluding carboxylic acids is 1. The molecule has 122 valence electrons. The molecule has 0 atom stereocenters. The molecule has 0 radical (unpaired) electrons. The van der Waals surface area contributed by atoms with E-state index in [0.717, 1.165) is 37.0 Å². The third-order valence-electron chi connectivity index (χ3n) is 4.72. The summed E-state index contributed by atoms with van der Waals surface area (Å²) in [5.41, 5.74) is 1.95. The number of benzene rings is 2. The third-order valence-corrected chi connectivity index (χ3v) is 4.72. The normalized spacial score (nSPS) is 15.5. The lowest BCUT2D eigenvalue weighted by Crippen LogP contribution is -2.19. The highest BCUT2D eigenvalue weighted by Crippen LogP contribution is 2.40. The average molecular weight is 320 g/mol. The molecule has 0 saturated heterocycles. The Hall–Kier alpha value is -2.80. The quantitative estimate of drug-likeness (QED) is 0.914. The van der Waals surface area contributed by atoms with Crippen LogP contribution in [0, 0.1) is 11.3 Å². The van der Waals surface area contributed by atoms with Gasteiger partial charge in [-0.3, -0.25) is 4.79 Å². The van der Waals surface area contributed by atoms with E-state index >= 15 is 0 Å². The Labute approximate surface area is 142 Å². The first-order valence-corrected chi connectivity index (χ1v) is 8.14. The molecule has 1 N–H and O–H groups in total. The van der Waals surface area contributed by atoms with Gasteiger partial charge < -0.3 is 10.1 Å². The van der Waals surface area contributed by atoms with Gasteiger partial charge >= 0.3 is 0 Å². The second-order valence-corrected chi connectivity index (χ2v) is 6.16.